The summed E-state index contributed by atoms with van der Waals surface area (Å²) in [5.41, 5.74) is 0.832. The van der Waals surface area contributed by atoms with E-state index in [4.69, 9.17) is 11.6 Å². The fourth-order valence-electron chi connectivity index (χ4n) is 2.44. The van der Waals surface area contributed by atoms with Crippen molar-refractivity contribution in [2.75, 3.05) is 24.5 Å². The second kappa shape index (κ2) is 4.74. The highest BCUT2D eigenvalue weighted by atomic mass is 35.5. The van der Waals surface area contributed by atoms with Crippen LogP contribution in [-0.4, -0.2) is 40.3 Å². The van der Waals surface area contributed by atoms with E-state index in [0.29, 0.717) is 11.1 Å². The average molecular weight is 266 g/mol. The summed E-state index contributed by atoms with van der Waals surface area (Å²) in [6, 6.07) is 4.21. The van der Waals surface area contributed by atoms with Gasteiger partial charge >= 0.3 is 0 Å². The zero-order valence-electron chi connectivity index (χ0n) is 10.3. The highest BCUT2D eigenvalue weighted by Crippen LogP contribution is 2.18. The number of nitrogens with one attached hydrogen (secondary N) is 1. The summed E-state index contributed by atoms with van der Waals surface area (Å²) >= 11 is 5.96. The molecule has 1 aliphatic heterocycles. The van der Waals surface area contributed by atoms with Gasteiger partial charge in [0.15, 0.2) is 5.65 Å². The molecular weight excluding hydrogens is 250 g/mol. The van der Waals surface area contributed by atoms with Gasteiger partial charge in [-0.1, -0.05) is 11.6 Å². The van der Waals surface area contributed by atoms with E-state index in [1.165, 1.54) is 0 Å². The van der Waals surface area contributed by atoms with Gasteiger partial charge in [0, 0.05) is 25.3 Å². The van der Waals surface area contributed by atoms with Gasteiger partial charge in [0.1, 0.15) is 0 Å². The number of likely N-dealkylation sites (N-methyl/N-ethyl adjacent to an activating group) is 1. The minimum absolute atomic E-state index is 0.489. The van der Waals surface area contributed by atoms with Gasteiger partial charge in [0.2, 0.25) is 5.95 Å². The third-order valence-electron chi connectivity index (χ3n) is 3.36. The SMILES string of the molecule is CCN(c1nc2ccc(Cl)cn2n1)C1CCNC1. The van der Waals surface area contributed by atoms with Gasteiger partial charge in [-0.25, -0.2) is 4.52 Å². The third kappa shape index (κ3) is 2.04. The number of halogens is 1. The van der Waals surface area contributed by atoms with Gasteiger partial charge in [-0.3, -0.25) is 0 Å². The molecule has 0 bridgehead atoms. The summed E-state index contributed by atoms with van der Waals surface area (Å²) < 4.78 is 1.74. The van der Waals surface area contributed by atoms with Crippen LogP contribution in [0.1, 0.15) is 13.3 Å². The van der Waals surface area contributed by atoms with Crippen molar-refractivity contribution < 1.29 is 0 Å². The Bertz CT molecular complexity index is 546. The lowest BCUT2D eigenvalue weighted by Gasteiger charge is -2.25. The number of pyridine rings is 1. The molecule has 1 atom stereocenters. The maximum atomic E-state index is 5.96. The first kappa shape index (κ1) is 11.7. The predicted molar refractivity (Wildman–Crippen MR) is 72.3 cm³/mol. The average Bonchev–Trinajstić information content (AvgIpc) is 2.98. The fraction of sp³-hybridized carbons (Fsp3) is 0.500. The second-order valence-electron chi connectivity index (χ2n) is 4.49. The van der Waals surface area contributed by atoms with E-state index >= 15 is 0 Å². The van der Waals surface area contributed by atoms with Crippen molar-refractivity contribution in [3.63, 3.8) is 0 Å². The van der Waals surface area contributed by atoms with E-state index in [0.717, 1.165) is 37.7 Å². The quantitative estimate of drug-likeness (QED) is 0.915. The molecule has 18 heavy (non-hydrogen) atoms. The predicted octanol–water partition coefficient (Wildman–Crippen LogP) is 1.57. The zero-order valence-corrected chi connectivity index (χ0v) is 11.1. The second-order valence-corrected chi connectivity index (χ2v) is 4.93. The maximum Gasteiger partial charge on any atom is 0.245 e. The summed E-state index contributed by atoms with van der Waals surface area (Å²) in [7, 11) is 0. The highest BCUT2D eigenvalue weighted by molar-refractivity contribution is 6.30. The van der Waals surface area contributed by atoms with Crippen LogP contribution in [0.25, 0.3) is 5.65 Å². The van der Waals surface area contributed by atoms with Crippen LogP contribution in [0.3, 0.4) is 0 Å². The normalized spacial score (nSPS) is 19.6. The molecule has 0 amide bonds. The first-order valence-electron chi connectivity index (χ1n) is 6.27. The summed E-state index contributed by atoms with van der Waals surface area (Å²) in [6.07, 6.45) is 2.93. The van der Waals surface area contributed by atoms with E-state index in [-0.39, 0.29) is 0 Å². The first-order valence-corrected chi connectivity index (χ1v) is 6.65. The van der Waals surface area contributed by atoms with Crippen LogP contribution < -0.4 is 10.2 Å². The van der Waals surface area contributed by atoms with Gasteiger partial charge in [-0.2, -0.15) is 4.98 Å². The van der Waals surface area contributed by atoms with E-state index in [1.807, 2.05) is 12.1 Å². The fourth-order valence-corrected chi connectivity index (χ4v) is 2.59. The first-order chi connectivity index (χ1) is 8.78. The Hall–Kier alpha value is -1.33. The molecule has 0 aromatic carbocycles. The van der Waals surface area contributed by atoms with Crippen LogP contribution in [0.15, 0.2) is 18.3 Å². The molecule has 5 nitrogen and oxygen atoms in total. The van der Waals surface area contributed by atoms with Crippen molar-refractivity contribution in [1.29, 1.82) is 0 Å². The Labute approximate surface area is 111 Å². The molecule has 6 heteroatoms. The van der Waals surface area contributed by atoms with Crippen LogP contribution in [-0.2, 0) is 0 Å². The van der Waals surface area contributed by atoms with E-state index in [9.17, 15) is 0 Å². The number of anilines is 1. The molecule has 2 aromatic heterocycles. The minimum atomic E-state index is 0.489. The van der Waals surface area contributed by atoms with Crippen LogP contribution >= 0.6 is 11.6 Å². The lowest BCUT2D eigenvalue weighted by atomic mass is 10.2. The molecule has 0 saturated carbocycles. The van der Waals surface area contributed by atoms with Crippen LogP contribution in [0.4, 0.5) is 5.95 Å². The molecule has 2 aromatic rings. The summed E-state index contributed by atoms with van der Waals surface area (Å²) in [5, 5.41) is 8.55. The largest absolute Gasteiger partial charge is 0.335 e. The number of hydrogen-bond donors (Lipinski definition) is 1. The molecule has 3 rings (SSSR count). The number of aromatic nitrogens is 3. The van der Waals surface area contributed by atoms with Gasteiger partial charge in [0.25, 0.3) is 0 Å². The van der Waals surface area contributed by atoms with Gasteiger partial charge in [-0.05, 0) is 32.0 Å². The molecular formula is C12H16ClN5. The Morgan fingerprint density at radius 1 is 1.56 bits per heavy atom. The number of fused-ring (bicyclic) bond motifs is 1. The third-order valence-corrected chi connectivity index (χ3v) is 3.58. The standard InChI is InChI=1S/C12H16ClN5/c1-2-17(10-5-6-14-7-10)12-15-11-4-3-9(13)8-18(11)16-12/h3-4,8,10,14H,2,5-7H2,1H3. The number of nitrogens with zero attached hydrogens (tertiary/aromatic N) is 4. The molecule has 0 spiro atoms. The van der Waals surface area contributed by atoms with Crippen LogP contribution in [0, 0.1) is 0 Å². The molecule has 1 N–H and O–H groups in total. The Kier molecular flexibility index (Phi) is 3.09. The zero-order chi connectivity index (χ0) is 12.5. The molecule has 1 saturated heterocycles. The molecule has 0 aliphatic carbocycles. The molecule has 1 aliphatic rings. The lowest BCUT2D eigenvalue weighted by molar-refractivity contribution is 0.631. The highest BCUT2D eigenvalue weighted by Gasteiger charge is 2.24. The van der Waals surface area contributed by atoms with E-state index in [2.05, 4.69) is 27.2 Å². The van der Waals surface area contributed by atoms with Gasteiger partial charge in [-0.15, -0.1) is 5.10 Å². The van der Waals surface area contributed by atoms with E-state index in [1.54, 1.807) is 10.7 Å². The number of rotatable bonds is 3. The van der Waals surface area contributed by atoms with Gasteiger partial charge < -0.3 is 10.2 Å². The Morgan fingerprint density at radius 3 is 3.17 bits per heavy atom. The topological polar surface area (TPSA) is 45.5 Å². The summed E-state index contributed by atoms with van der Waals surface area (Å²) in [5.74, 6) is 0.786. The Morgan fingerprint density at radius 2 is 2.44 bits per heavy atom. The summed E-state index contributed by atoms with van der Waals surface area (Å²) in [6.45, 7) is 5.12. The van der Waals surface area contributed by atoms with Crippen molar-refractivity contribution in [1.82, 2.24) is 19.9 Å². The molecule has 3 heterocycles. The smallest absolute Gasteiger partial charge is 0.245 e. The molecule has 96 valence electrons. The van der Waals surface area contributed by atoms with Crippen molar-refractivity contribution >= 4 is 23.2 Å². The molecule has 1 fully saturated rings. The van der Waals surface area contributed by atoms with Gasteiger partial charge in [0.05, 0.1) is 5.02 Å². The van der Waals surface area contributed by atoms with E-state index < -0.39 is 0 Å². The van der Waals surface area contributed by atoms with Crippen molar-refractivity contribution in [2.24, 2.45) is 0 Å². The van der Waals surface area contributed by atoms with Crippen LogP contribution in [0.2, 0.25) is 5.02 Å². The minimum Gasteiger partial charge on any atom is -0.335 e. The van der Waals surface area contributed by atoms with Crippen molar-refractivity contribution in [3.8, 4) is 0 Å². The summed E-state index contributed by atoms with van der Waals surface area (Å²) in [4.78, 5) is 6.81. The molecule has 1 unspecified atom stereocenters. The van der Waals surface area contributed by atoms with Crippen molar-refractivity contribution in [3.05, 3.63) is 23.4 Å². The number of hydrogen-bond acceptors (Lipinski definition) is 4. The monoisotopic (exact) mass is 265 g/mol. The van der Waals surface area contributed by atoms with Crippen LogP contribution in [0.5, 0.6) is 0 Å². The lowest BCUT2D eigenvalue weighted by Crippen LogP contribution is -2.37. The van der Waals surface area contributed by atoms with Crippen molar-refractivity contribution in [2.45, 2.75) is 19.4 Å². The molecule has 0 radical (unpaired) electrons. The Balaban J connectivity index is 1.96. The maximum absolute atomic E-state index is 5.96.